The van der Waals surface area contributed by atoms with Gasteiger partial charge in [-0.05, 0) is 48.4 Å². The molecule has 0 atom stereocenters. The summed E-state index contributed by atoms with van der Waals surface area (Å²) in [4.78, 5) is 12.2. The molecule has 0 radical (unpaired) electrons. The monoisotopic (exact) mass is 346 g/mol. The SMILES string of the molecule is COc1cc2cc(C)c(C)cc2c(OC(=O)COCC(C)C)c1OC. The standard InChI is InChI=1S/C20H26O5/c1-12(2)10-24-11-18(21)25-19-16-8-14(4)13(3)7-15(16)9-17(22-5)20(19)23-6/h7-9,12H,10-11H2,1-6H3. The van der Waals surface area contributed by atoms with Crippen LogP contribution in [0.4, 0.5) is 0 Å². The van der Waals surface area contributed by atoms with Crippen molar-refractivity contribution in [1.82, 2.24) is 0 Å². The van der Waals surface area contributed by atoms with E-state index in [2.05, 4.69) is 0 Å². The van der Waals surface area contributed by atoms with Gasteiger partial charge in [-0.3, -0.25) is 0 Å². The van der Waals surface area contributed by atoms with Gasteiger partial charge in [0.2, 0.25) is 5.75 Å². The van der Waals surface area contributed by atoms with E-state index < -0.39 is 5.97 Å². The van der Waals surface area contributed by atoms with E-state index in [9.17, 15) is 4.79 Å². The fourth-order valence-electron chi connectivity index (χ4n) is 2.56. The van der Waals surface area contributed by atoms with Crippen LogP contribution in [0.2, 0.25) is 0 Å². The van der Waals surface area contributed by atoms with Gasteiger partial charge in [0.1, 0.15) is 6.61 Å². The number of rotatable bonds is 7. The Hall–Kier alpha value is -2.27. The molecule has 0 bridgehead atoms. The maximum Gasteiger partial charge on any atom is 0.337 e. The molecule has 0 N–H and O–H groups in total. The van der Waals surface area contributed by atoms with Gasteiger partial charge in [-0.25, -0.2) is 4.79 Å². The average Bonchev–Trinajstić information content (AvgIpc) is 2.55. The maximum absolute atomic E-state index is 12.2. The van der Waals surface area contributed by atoms with Crippen molar-refractivity contribution in [3.05, 3.63) is 29.3 Å². The average molecular weight is 346 g/mol. The van der Waals surface area contributed by atoms with Crippen molar-refractivity contribution < 1.29 is 23.7 Å². The number of benzene rings is 2. The topological polar surface area (TPSA) is 54.0 Å². The van der Waals surface area contributed by atoms with Gasteiger partial charge in [-0.2, -0.15) is 0 Å². The fraction of sp³-hybridized carbons (Fsp3) is 0.450. The van der Waals surface area contributed by atoms with Crippen molar-refractivity contribution in [3.63, 3.8) is 0 Å². The molecule has 0 fully saturated rings. The lowest BCUT2D eigenvalue weighted by molar-refractivity contribution is -0.139. The molecule has 136 valence electrons. The molecule has 0 aliphatic carbocycles. The molecular weight excluding hydrogens is 320 g/mol. The van der Waals surface area contributed by atoms with E-state index in [0.717, 1.165) is 21.9 Å². The quantitative estimate of drug-likeness (QED) is 0.559. The van der Waals surface area contributed by atoms with Crippen LogP contribution >= 0.6 is 0 Å². The molecule has 0 saturated carbocycles. The molecule has 2 rings (SSSR count). The summed E-state index contributed by atoms with van der Waals surface area (Å²) in [5.74, 6) is 1.16. The van der Waals surface area contributed by atoms with Crippen molar-refractivity contribution in [2.24, 2.45) is 5.92 Å². The van der Waals surface area contributed by atoms with Crippen LogP contribution in [0.1, 0.15) is 25.0 Å². The highest BCUT2D eigenvalue weighted by atomic mass is 16.6. The largest absolute Gasteiger partial charge is 0.493 e. The molecule has 2 aromatic rings. The highest BCUT2D eigenvalue weighted by Crippen LogP contribution is 2.44. The highest BCUT2D eigenvalue weighted by molar-refractivity contribution is 5.96. The van der Waals surface area contributed by atoms with Crippen LogP contribution < -0.4 is 14.2 Å². The Morgan fingerprint density at radius 2 is 1.68 bits per heavy atom. The molecule has 5 nitrogen and oxygen atoms in total. The zero-order valence-electron chi connectivity index (χ0n) is 15.8. The molecule has 0 aromatic heterocycles. The Labute approximate surface area is 148 Å². The second kappa shape index (κ2) is 8.21. The van der Waals surface area contributed by atoms with Crippen molar-refractivity contribution in [1.29, 1.82) is 0 Å². The first kappa shape index (κ1) is 19.1. The van der Waals surface area contributed by atoms with Gasteiger partial charge < -0.3 is 18.9 Å². The molecule has 2 aromatic carbocycles. The second-order valence-electron chi connectivity index (χ2n) is 6.48. The molecule has 0 saturated heterocycles. The number of ether oxygens (including phenoxy) is 4. The van der Waals surface area contributed by atoms with Gasteiger partial charge in [-0.15, -0.1) is 0 Å². The molecule has 0 amide bonds. The van der Waals surface area contributed by atoms with E-state index >= 15 is 0 Å². The smallest absolute Gasteiger partial charge is 0.337 e. The first-order valence-corrected chi connectivity index (χ1v) is 8.31. The molecule has 25 heavy (non-hydrogen) atoms. The van der Waals surface area contributed by atoms with E-state index in [-0.39, 0.29) is 6.61 Å². The first-order chi connectivity index (χ1) is 11.9. The summed E-state index contributed by atoms with van der Waals surface area (Å²) < 4.78 is 21.8. The Morgan fingerprint density at radius 3 is 2.28 bits per heavy atom. The first-order valence-electron chi connectivity index (χ1n) is 8.31. The molecule has 0 aliphatic rings. The third kappa shape index (κ3) is 4.42. The summed E-state index contributed by atoms with van der Waals surface area (Å²) in [6, 6.07) is 5.91. The normalized spacial score (nSPS) is 11.0. The Bertz CT molecular complexity index is 765. The zero-order chi connectivity index (χ0) is 18.6. The van der Waals surface area contributed by atoms with Gasteiger partial charge in [0.05, 0.1) is 14.2 Å². The Kier molecular flexibility index (Phi) is 6.26. The van der Waals surface area contributed by atoms with Crippen LogP contribution in [0.5, 0.6) is 17.2 Å². The molecular formula is C20H26O5. The predicted octanol–water partition coefficient (Wildman–Crippen LogP) is 4.05. The van der Waals surface area contributed by atoms with Crippen LogP contribution in [0, 0.1) is 19.8 Å². The summed E-state index contributed by atoms with van der Waals surface area (Å²) in [6.45, 7) is 8.50. The van der Waals surface area contributed by atoms with Crippen molar-refractivity contribution in [2.45, 2.75) is 27.7 Å². The number of fused-ring (bicyclic) bond motifs is 1. The van der Waals surface area contributed by atoms with Crippen molar-refractivity contribution in [3.8, 4) is 17.2 Å². The fourth-order valence-corrected chi connectivity index (χ4v) is 2.56. The number of carbonyl (C=O) groups is 1. The van der Waals surface area contributed by atoms with E-state index in [1.54, 1.807) is 7.11 Å². The second-order valence-corrected chi connectivity index (χ2v) is 6.48. The Balaban J connectivity index is 2.44. The summed E-state index contributed by atoms with van der Waals surface area (Å²) in [5, 5.41) is 1.73. The Morgan fingerprint density at radius 1 is 1.00 bits per heavy atom. The van der Waals surface area contributed by atoms with E-state index in [1.165, 1.54) is 7.11 Å². The number of hydrogen-bond acceptors (Lipinski definition) is 5. The zero-order valence-corrected chi connectivity index (χ0v) is 15.8. The minimum absolute atomic E-state index is 0.106. The van der Waals surface area contributed by atoms with Crippen LogP contribution in [0.25, 0.3) is 10.8 Å². The van der Waals surface area contributed by atoms with Crippen molar-refractivity contribution in [2.75, 3.05) is 27.4 Å². The molecule has 0 aliphatic heterocycles. The van der Waals surface area contributed by atoms with E-state index in [1.807, 2.05) is 45.9 Å². The summed E-state index contributed by atoms with van der Waals surface area (Å²) >= 11 is 0. The minimum Gasteiger partial charge on any atom is -0.493 e. The highest BCUT2D eigenvalue weighted by Gasteiger charge is 2.20. The van der Waals surface area contributed by atoms with E-state index in [4.69, 9.17) is 18.9 Å². The molecule has 0 heterocycles. The van der Waals surface area contributed by atoms with Gasteiger partial charge in [0.15, 0.2) is 11.5 Å². The maximum atomic E-state index is 12.2. The summed E-state index contributed by atoms with van der Waals surface area (Å²) in [6.07, 6.45) is 0. The lowest BCUT2D eigenvalue weighted by atomic mass is 10.0. The van der Waals surface area contributed by atoms with Gasteiger partial charge >= 0.3 is 5.97 Å². The van der Waals surface area contributed by atoms with Crippen LogP contribution in [0.15, 0.2) is 18.2 Å². The molecule has 0 unspecified atom stereocenters. The lowest BCUT2D eigenvalue weighted by Gasteiger charge is -2.17. The van der Waals surface area contributed by atoms with E-state index in [0.29, 0.717) is 29.8 Å². The minimum atomic E-state index is -0.466. The predicted molar refractivity (Wildman–Crippen MR) is 97.8 cm³/mol. The van der Waals surface area contributed by atoms with Gasteiger partial charge in [-0.1, -0.05) is 19.9 Å². The number of hydrogen-bond donors (Lipinski definition) is 0. The number of esters is 1. The molecule has 5 heteroatoms. The van der Waals surface area contributed by atoms with Crippen LogP contribution in [-0.2, 0) is 9.53 Å². The number of carbonyl (C=O) groups excluding carboxylic acids is 1. The third-order valence-electron chi connectivity index (χ3n) is 3.94. The number of methoxy groups -OCH3 is 2. The summed E-state index contributed by atoms with van der Waals surface area (Å²) in [7, 11) is 3.08. The molecule has 0 spiro atoms. The number of aryl methyl sites for hydroxylation is 2. The lowest BCUT2D eigenvalue weighted by Crippen LogP contribution is -2.18. The third-order valence-corrected chi connectivity index (χ3v) is 3.94. The van der Waals surface area contributed by atoms with Gasteiger partial charge in [0, 0.05) is 12.0 Å². The van der Waals surface area contributed by atoms with Crippen molar-refractivity contribution >= 4 is 16.7 Å². The van der Waals surface area contributed by atoms with Gasteiger partial charge in [0.25, 0.3) is 0 Å². The van der Waals surface area contributed by atoms with Crippen LogP contribution in [0.3, 0.4) is 0 Å². The van der Waals surface area contributed by atoms with Crippen LogP contribution in [-0.4, -0.2) is 33.4 Å². The summed E-state index contributed by atoms with van der Waals surface area (Å²) in [5.41, 5.74) is 2.25.